The van der Waals surface area contributed by atoms with Crippen molar-refractivity contribution in [1.82, 2.24) is 20.4 Å². The zero-order valence-electron chi connectivity index (χ0n) is 16.1. The number of aryl methyl sites for hydroxylation is 3. The SMILES string of the molecule is Cc1ccccc1[C@H]1CCN(CCNC(=O)CCc2c(C)n[nH]c2C)C1. The van der Waals surface area contributed by atoms with Crippen molar-refractivity contribution >= 4 is 5.91 Å². The van der Waals surface area contributed by atoms with Gasteiger partial charge in [0.15, 0.2) is 0 Å². The van der Waals surface area contributed by atoms with E-state index in [2.05, 4.69) is 51.6 Å². The molecule has 0 saturated carbocycles. The maximum Gasteiger partial charge on any atom is 0.220 e. The van der Waals surface area contributed by atoms with Gasteiger partial charge >= 0.3 is 0 Å². The molecule has 1 fully saturated rings. The van der Waals surface area contributed by atoms with Crippen molar-refractivity contribution in [3.63, 3.8) is 0 Å². The summed E-state index contributed by atoms with van der Waals surface area (Å²) in [4.78, 5) is 14.6. The number of rotatable bonds is 7. The van der Waals surface area contributed by atoms with Crippen LogP contribution in [0.3, 0.4) is 0 Å². The van der Waals surface area contributed by atoms with Crippen molar-refractivity contribution in [2.24, 2.45) is 0 Å². The number of nitrogens with zero attached hydrogens (tertiary/aromatic N) is 2. The van der Waals surface area contributed by atoms with Crippen LogP contribution in [0, 0.1) is 20.8 Å². The lowest BCUT2D eigenvalue weighted by Crippen LogP contribution is -2.33. The lowest BCUT2D eigenvalue weighted by molar-refractivity contribution is -0.121. The summed E-state index contributed by atoms with van der Waals surface area (Å²) in [5.41, 5.74) is 6.09. The first-order chi connectivity index (χ1) is 12.5. The molecule has 1 aromatic carbocycles. The highest BCUT2D eigenvalue weighted by atomic mass is 16.1. The minimum absolute atomic E-state index is 0.125. The Morgan fingerprint density at radius 2 is 2.12 bits per heavy atom. The molecular formula is C21H30N4O. The van der Waals surface area contributed by atoms with Crippen molar-refractivity contribution in [1.29, 1.82) is 0 Å². The number of benzene rings is 1. The maximum absolute atomic E-state index is 12.1. The predicted molar refractivity (Wildman–Crippen MR) is 104 cm³/mol. The molecule has 0 spiro atoms. The van der Waals surface area contributed by atoms with Crippen LogP contribution in [-0.2, 0) is 11.2 Å². The van der Waals surface area contributed by atoms with E-state index in [1.165, 1.54) is 23.1 Å². The van der Waals surface area contributed by atoms with Gasteiger partial charge in [-0.25, -0.2) is 0 Å². The molecular weight excluding hydrogens is 324 g/mol. The topological polar surface area (TPSA) is 61.0 Å². The van der Waals surface area contributed by atoms with Crippen LogP contribution in [0.25, 0.3) is 0 Å². The molecule has 1 saturated heterocycles. The molecule has 1 aliphatic heterocycles. The first-order valence-electron chi connectivity index (χ1n) is 9.59. The number of aromatic nitrogens is 2. The molecule has 0 aliphatic carbocycles. The van der Waals surface area contributed by atoms with Crippen molar-refractivity contribution in [2.75, 3.05) is 26.2 Å². The highest BCUT2D eigenvalue weighted by Gasteiger charge is 2.24. The second-order valence-corrected chi connectivity index (χ2v) is 7.41. The summed E-state index contributed by atoms with van der Waals surface area (Å²) < 4.78 is 0. The molecule has 5 heteroatoms. The van der Waals surface area contributed by atoms with Crippen LogP contribution in [-0.4, -0.2) is 47.2 Å². The molecule has 0 bridgehead atoms. The predicted octanol–water partition coefficient (Wildman–Crippen LogP) is 2.87. The summed E-state index contributed by atoms with van der Waals surface area (Å²) in [5, 5.41) is 10.2. The van der Waals surface area contributed by atoms with E-state index in [1.54, 1.807) is 0 Å². The summed E-state index contributed by atoms with van der Waals surface area (Å²) in [6.45, 7) is 10.0. The zero-order valence-corrected chi connectivity index (χ0v) is 16.1. The fraction of sp³-hybridized carbons (Fsp3) is 0.524. The van der Waals surface area contributed by atoms with Gasteiger partial charge in [0.2, 0.25) is 5.91 Å². The number of nitrogens with one attached hydrogen (secondary N) is 2. The summed E-state index contributed by atoms with van der Waals surface area (Å²) in [7, 11) is 0. The average Bonchev–Trinajstić information content (AvgIpc) is 3.21. The van der Waals surface area contributed by atoms with E-state index in [9.17, 15) is 4.79 Å². The Hall–Kier alpha value is -2.14. The Labute approximate surface area is 156 Å². The van der Waals surface area contributed by atoms with E-state index in [0.29, 0.717) is 12.3 Å². The minimum atomic E-state index is 0.125. The maximum atomic E-state index is 12.1. The molecule has 140 valence electrons. The number of H-pyrrole nitrogens is 1. The third-order valence-electron chi connectivity index (χ3n) is 5.53. The lowest BCUT2D eigenvalue weighted by atomic mass is 9.94. The Kier molecular flexibility index (Phi) is 6.09. The number of carbonyl (C=O) groups is 1. The number of hydrogen-bond donors (Lipinski definition) is 2. The van der Waals surface area contributed by atoms with Crippen molar-refractivity contribution in [3.8, 4) is 0 Å². The summed E-state index contributed by atoms with van der Waals surface area (Å²) in [6.07, 6.45) is 2.48. The van der Waals surface area contributed by atoms with Crippen LogP contribution in [0.4, 0.5) is 0 Å². The Balaban J connectivity index is 1.37. The fourth-order valence-corrected chi connectivity index (χ4v) is 3.96. The number of likely N-dealkylation sites (tertiary alicyclic amines) is 1. The van der Waals surface area contributed by atoms with Crippen LogP contribution in [0.1, 0.15) is 46.8 Å². The van der Waals surface area contributed by atoms with Crippen LogP contribution >= 0.6 is 0 Å². The van der Waals surface area contributed by atoms with Crippen molar-refractivity contribution < 1.29 is 4.79 Å². The number of aromatic amines is 1. The molecule has 1 atom stereocenters. The zero-order chi connectivity index (χ0) is 18.5. The fourth-order valence-electron chi connectivity index (χ4n) is 3.96. The largest absolute Gasteiger partial charge is 0.355 e. The second kappa shape index (κ2) is 8.49. The standard InChI is InChI=1S/C21H30N4O/c1-15-6-4-5-7-19(15)18-10-12-25(14-18)13-11-22-21(26)9-8-20-16(2)23-24-17(20)3/h4-7,18H,8-14H2,1-3H3,(H,22,26)(H,23,24)/t18-/m0/s1. The van der Waals surface area contributed by atoms with Crippen LogP contribution in [0.5, 0.6) is 0 Å². The Morgan fingerprint density at radius 1 is 1.31 bits per heavy atom. The number of carbonyl (C=O) groups excluding carboxylic acids is 1. The Bertz CT molecular complexity index is 733. The first-order valence-corrected chi connectivity index (χ1v) is 9.59. The lowest BCUT2D eigenvalue weighted by Gasteiger charge is -2.17. The second-order valence-electron chi connectivity index (χ2n) is 7.41. The quantitative estimate of drug-likeness (QED) is 0.804. The Morgan fingerprint density at radius 3 is 2.85 bits per heavy atom. The van der Waals surface area contributed by atoms with Gasteiger partial charge in [0.1, 0.15) is 0 Å². The smallest absolute Gasteiger partial charge is 0.220 e. The minimum Gasteiger partial charge on any atom is -0.355 e. The van der Waals surface area contributed by atoms with Crippen molar-refractivity contribution in [2.45, 2.75) is 46.0 Å². The van der Waals surface area contributed by atoms with E-state index in [0.717, 1.165) is 44.0 Å². The molecule has 1 aliphatic rings. The van der Waals surface area contributed by atoms with E-state index in [4.69, 9.17) is 0 Å². The van der Waals surface area contributed by atoms with Gasteiger partial charge in [-0.05, 0) is 62.8 Å². The molecule has 1 aromatic heterocycles. The molecule has 1 amide bonds. The monoisotopic (exact) mass is 354 g/mol. The van der Waals surface area contributed by atoms with Gasteiger partial charge in [0, 0.05) is 31.7 Å². The molecule has 2 aromatic rings. The summed E-state index contributed by atoms with van der Waals surface area (Å²) in [5.74, 6) is 0.749. The normalized spacial score (nSPS) is 17.6. The number of hydrogen-bond acceptors (Lipinski definition) is 3. The van der Waals surface area contributed by atoms with Gasteiger partial charge in [-0.2, -0.15) is 5.10 Å². The molecule has 26 heavy (non-hydrogen) atoms. The van der Waals surface area contributed by atoms with Crippen LogP contribution < -0.4 is 5.32 Å². The van der Waals surface area contributed by atoms with E-state index >= 15 is 0 Å². The summed E-state index contributed by atoms with van der Waals surface area (Å²) in [6, 6.07) is 8.69. The molecule has 2 N–H and O–H groups in total. The first kappa shape index (κ1) is 18.6. The van der Waals surface area contributed by atoms with Crippen LogP contribution in [0.15, 0.2) is 24.3 Å². The van der Waals surface area contributed by atoms with Gasteiger partial charge in [0.25, 0.3) is 0 Å². The third kappa shape index (κ3) is 4.52. The molecule has 2 heterocycles. The molecule has 0 radical (unpaired) electrons. The van der Waals surface area contributed by atoms with E-state index in [1.807, 2.05) is 13.8 Å². The van der Waals surface area contributed by atoms with E-state index < -0.39 is 0 Å². The molecule has 0 unspecified atom stereocenters. The summed E-state index contributed by atoms with van der Waals surface area (Å²) >= 11 is 0. The van der Waals surface area contributed by atoms with Crippen LogP contribution in [0.2, 0.25) is 0 Å². The van der Waals surface area contributed by atoms with Gasteiger partial charge in [-0.3, -0.25) is 9.89 Å². The van der Waals surface area contributed by atoms with Gasteiger partial charge < -0.3 is 10.2 Å². The van der Waals surface area contributed by atoms with Gasteiger partial charge in [0.05, 0.1) is 5.69 Å². The third-order valence-corrected chi connectivity index (χ3v) is 5.53. The van der Waals surface area contributed by atoms with Gasteiger partial charge in [-0.1, -0.05) is 24.3 Å². The molecule has 5 nitrogen and oxygen atoms in total. The highest BCUT2D eigenvalue weighted by molar-refractivity contribution is 5.76. The highest BCUT2D eigenvalue weighted by Crippen LogP contribution is 2.28. The number of amides is 1. The molecule has 3 rings (SSSR count). The van der Waals surface area contributed by atoms with Gasteiger partial charge in [-0.15, -0.1) is 0 Å². The average molecular weight is 354 g/mol. The van der Waals surface area contributed by atoms with E-state index in [-0.39, 0.29) is 5.91 Å². The van der Waals surface area contributed by atoms with Crippen molar-refractivity contribution in [3.05, 3.63) is 52.3 Å².